The Morgan fingerprint density at radius 2 is 1.85 bits per heavy atom. The lowest BCUT2D eigenvalue weighted by molar-refractivity contribution is -0.384. The van der Waals surface area contributed by atoms with Crippen LogP contribution < -0.4 is 5.32 Å². The Morgan fingerprint density at radius 1 is 1.22 bits per heavy atom. The second-order valence-electron chi connectivity index (χ2n) is 8.29. The van der Waals surface area contributed by atoms with Crippen LogP contribution in [0.1, 0.15) is 53.4 Å². The quantitative estimate of drug-likeness (QED) is 0.469. The smallest absolute Gasteiger partial charge is 0.309 e. The number of amides is 1. The van der Waals surface area contributed by atoms with Crippen molar-refractivity contribution in [1.82, 2.24) is 0 Å². The molecule has 1 aromatic rings. The minimum Gasteiger partial charge on any atom is -0.452 e. The lowest BCUT2D eigenvalue weighted by atomic mass is 9.70. The van der Waals surface area contributed by atoms with Crippen LogP contribution in [0, 0.1) is 27.4 Å². The van der Waals surface area contributed by atoms with Gasteiger partial charge in [0.2, 0.25) is 0 Å². The predicted molar refractivity (Wildman–Crippen MR) is 102 cm³/mol. The van der Waals surface area contributed by atoms with Crippen molar-refractivity contribution in [2.45, 2.75) is 59.5 Å². The molecule has 0 radical (unpaired) electrons. The highest BCUT2D eigenvalue weighted by Gasteiger charge is 2.34. The molecule has 27 heavy (non-hydrogen) atoms. The molecule has 1 N–H and O–H groups in total. The number of carbonyl (C=O) groups is 2. The first kappa shape index (κ1) is 20.9. The molecule has 7 nitrogen and oxygen atoms in total. The maximum absolute atomic E-state index is 12.4. The summed E-state index contributed by atoms with van der Waals surface area (Å²) in [5.74, 6) is -0.427. The Morgan fingerprint density at radius 3 is 2.41 bits per heavy atom. The fourth-order valence-electron chi connectivity index (χ4n) is 3.46. The number of nitro benzene ring substituents is 1. The Balaban J connectivity index is 1.86. The van der Waals surface area contributed by atoms with Gasteiger partial charge in [-0.15, -0.1) is 0 Å². The van der Waals surface area contributed by atoms with E-state index in [4.69, 9.17) is 4.74 Å². The number of rotatable bonds is 5. The van der Waals surface area contributed by atoms with E-state index in [2.05, 4.69) is 26.1 Å². The molecule has 0 unspecified atom stereocenters. The molecular weight excluding hydrogens is 348 g/mol. The van der Waals surface area contributed by atoms with Gasteiger partial charge in [-0.05, 0) is 50.0 Å². The van der Waals surface area contributed by atoms with Gasteiger partial charge in [-0.3, -0.25) is 19.7 Å². The summed E-state index contributed by atoms with van der Waals surface area (Å²) in [4.78, 5) is 34.9. The van der Waals surface area contributed by atoms with Crippen molar-refractivity contribution in [3.63, 3.8) is 0 Å². The molecule has 1 aliphatic carbocycles. The van der Waals surface area contributed by atoms with Crippen LogP contribution in [0.4, 0.5) is 11.4 Å². The summed E-state index contributed by atoms with van der Waals surface area (Å²) in [6, 6.07) is 5.64. The van der Waals surface area contributed by atoms with Crippen molar-refractivity contribution in [3.05, 3.63) is 34.4 Å². The fourth-order valence-corrected chi connectivity index (χ4v) is 3.46. The number of hydrogen-bond acceptors (Lipinski definition) is 5. The number of non-ortho nitro benzene ring substituents is 1. The molecule has 7 heteroatoms. The Bertz CT molecular complexity index is 703. The molecule has 0 bridgehead atoms. The normalized spacial score (nSPS) is 21.2. The summed E-state index contributed by atoms with van der Waals surface area (Å²) in [5, 5.41) is 13.4. The van der Waals surface area contributed by atoms with Gasteiger partial charge < -0.3 is 10.1 Å². The zero-order valence-electron chi connectivity index (χ0n) is 16.4. The fraction of sp³-hybridized carbons (Fsp3) is 0.600. The number of benzene rings is 1. The van der Waals surface area contributed by atoms with Gasteiger partial charge in [-0.25, -0.2) is 0 Å². The maximum Gasteiger partial charge on any atom is 0.309 e. The highest BCUT2D eigenvalue weighted by atomic mass is 16.6. The number of carbonyl (C=O) groups excluding carboxylic acids is 2. The molecular formula is C20H28N2O5. The van der Waals surface area contributed by atoms with Crippen molar-refractivity contribution in [3.8, 4) is 0 Å². The number of nitro groups is 1. The number of anilines is 1. The van der Waals surface area contributed by atoms with Crippen LogP contribution in [0.2, 0.25) is 0 Å². The van der Waals surface area contributed by atoms with E-state index in [1.807, 2.05) is 0 Å². The molecule has 2 rings (SSSR count). The first-order chi connectivity index (χ1) is 12.6. The highest BCUT2D eigenvalue weighted by Crippen LogP contribution is 2.40. The largest absolute Gasteiger partial charge is 0.452 e. The van der Waals surface area contributed by atoms with E-state index in [0.717, 1.165) is 25.7 Å². The molecule has 1 aliphatic rings. The third kappa shape index (κ3) is 5.77. The van der Waals surface area contributed by atoms with Crippen LogP contribution in [-0.2, 0) is 14.3 Å². The topological polar surface area (TPSA) is 98.5 Å². The van der Waals surface area contributed by atoms with Gasteiger partial charge in [0.1, 0.15) is 0 Å². The van der Waals surface area contributed by atoms with Crippen LogP contribution in [0.15, 0.2) is 24.3 Å². The van der Waals surface area contributed by atoms with Gasteiger partial charge >= 0.3 is 5.97 Å². The van der Waals surface area contributed by atoms with E-state index < -0.39 is 16.9 Å². The lowest BCUT2D eigenvalue weighted by Gasteiger charge is -2.36. The molecule has 1 amide bonds. The average molecular weight is 376 g/mol. The molecule has 0 aromatic heterocycles. The van der Waals surface area contributed by atoms with Gasteiger partial charge in [0.15, 0.2) is 6.10 Å². The van der Waals surface area contributed by atoms with Crippen LogP contribution in [0.3, 0.4) is 0 Å². The second-order valence-corrected chi connectivity index (χ2v) is 8.29. The van der Waals surface area contributed by atoms with E-state index in [1.54, 1.807) is 6.07 Å². The molecule has 1 saturated carbocycles. The zero-order valence-corrected chi connectivity index (χ0v) is 16.4. The predicted octanol–water partition coefficient (Wildman–Crippen LogP) is 4.32. The van der Waals surface area contributed by atoms with Gasteiger partial charge in [-0.1, -0.05) is 26.8 Å². The zero-order chi connectivity index (χ0) is 20.2. The second kappa shape index (κ2) is 8.50. The van der Waals surface area contributed by atoms with E-state index in [9.17, 15) is 19.7 Å². The minimum absolute atomic E-state index is 0.118. The summed E-state index contributed by atoms with van der Waals surface area (Å²) < 4.78 is 5.34. The van der Waals surface area contributed by atoms with Crippen molar-refractivity contribution in [1.29, 1.82) is 0 Å². The van der Waals surface area contributed by atoms with Crippen molar-refractivity contribution in [2.24, 2.45) is 17.3 Å². The summed E-state index contributed by atoms with van der Waals surface area (Å²) >= 11 is 0. The molecule has 1 atom stereocenters. The van der Waals surface area contributed by atoms with Crippen LogP contribution in [-0.4, -0.2) is 22.9 Å². The van der Waals surface area contributed by atoms with Crippen LogP contribution in [0.25, 0.3) is 0 Å². The van der Waals surface area contributed by atoms with Crippen molar-refractivity contribution < 1.29 is 19.2 Å². The van der Waals surface area contributed by atoms with Crippen LogP contribution in [0.5, 0.6) is 0 Å². The summed E-state index contributed by atoms with van der Waals surface area (Å²) in [7, 11) is 0. The first-order valence-electron chi connectivity index (χ1n) is 9.33. The highest BCUT2D eigenvalue weighted by molar-refractivity contribution is 5.95. The minimum atomic E-state index is -0.961. The van der Waals surface area contributed by atoms with Gasteiger partial charge in [0, 0.05) is 17.8 Å². The van der Waals surface area contributed by atoms with E-state index >= 15 is 0 Å². The van der Waals surface area contributed by atoms with Crippen molar-refractivity contribution >= 4 is 23.3 Å². The number of hydrogen-bond donors (Lipinski definition) is 1. The first-order valence-corrected chi connectivity index (χ1v) is 9.33. The molecule has 148 valence electrons. The SMILES string of the molecule is C[C@@H](OC(=O)C1CCC(C(C)(C)C)CC1)C(=O)Nc1cccc([N+](=O)[O-])c1. The number of esters is 1. The van der Waals surface area contributed by atoms with Gasteiger partial charge in [0.25, 0.3) is 11.6 Å². The Labute approximate surface area is 159 Å². The Hall–Kier alpha value is -2.44. The maximum atomic E-state index is 12.4. The number of ether oxygens (including phenoxy) is 1. The third-order valence-corrected chi connectivity index (χ3v) is 5.27. The van der Waals surface area contributed by atoms with E-state index in [0.29, 0.717) is 11.6 Å². The molecule has 1 aromatic carbocycles. The van der Waals surface area contributed by atoms with E-state index in [-0.39, 0.29) is 23.0 Å². The molecule has 0 aliphatic heterocycles. The van der Waals surface area contributed by atoms with Crippen LogP contribution >= 0.6 is 0 Å². The Kier molecular flexibility index (Phi) is 6.57. The molecule has 0 spiro atoms. The number of nitrogens with zero attached hydrogens (tertiary/aromatic N) is 1. The van der Waals surface area contributed by atoms with Gasteiger partial charge in [0.05, 0.1) is 10.8 Å². The average Bonchev–Trinajstić information content (AvgIpc) is 2.61. The third-order valence-electron chi connectivity index (χ3n) is 5.27. The summed E-state index contributed by atoms with van der Waals surface area (Å²) in [5.41, 5.74) is 0.413. The standard InChI is InChI=1S/C20H28N2O5/c1-13(18(23)21-16-6-5-7-17(12-16)22(25)26)27-19(24)14-8-10-15(11-9-14)20(2,3)4/h5-7,12-15H,8-11H2,1-4H3,(H,21,23)/t13-,14?,15?/m1/s1. The molecule has 0 heterocycles. The van der Waals surface area contributed by atoms with E-state index in [1.165, 1.54) is 25.1 Å². The summed E-state index contributed by atoms with van der Waals surface area (Å²) in [6.07, 6.45) is 2.56. The van der Waals surface area contributed by atoms with Gasteiger partial charge in [-0.2, -0.15) is 0 Å². The van der Waals surface area contributed by atoms with Crippen molar-refractivity contribution in [2.75, 3.05) is 5.32 Å². The summed E-state index contributed by atoms with van der Waals surface area (Å²) in [6.45, 7) is 8.16. The molecule has 0 saturated heterocycles. The molecule has 1 fully saturated rings. The number of nitrogens with one attached hydrogen (secondary N) is 1. The monoisotopic (exact) mass is 376 g/mol. The lowest BCUT2D eigenvalue weighted by Crippen LogP contribution is -2.34.